The van der Waals surface area contributed by atoms with Crippen molar-refractivity contribution in [3.8, 4) is 17.0 Å². The molecule has 1 amide bonds. The maximum Gasteiger partial charge on any atom is 0.257 e. The summed E-state index contributed by atoms with van der Waals surface area (Å²) in [6.07, 6.45) is 5.40. The van der Waals surface area contributed by atoms with Crippen LogP contribution in [0, 0.1) is 0 Å². The number of hydrogen-bond donors (Lipinski definition) is 2. The molecule has 0 bridgehead atoms. The number of hydrogen-bond acceptors (Lipinski definition) is 7. The number of benzene rings is 1. The minimum Gasteiger partial charge on any atom is -0.472 e. The zero-order valence-electron chi connectivity index (χ0n) is 16.2. The molecule has 0 spiro atoms. The van der Waals surface area contributed by atoms with E-state index in [0.717, 1.165) is 35.1 Å². The molecule has 0 unspecified atom stereocenters. The molecule has 4 heterocycles. The maximum absolute atomic E-state index is 12.7. The van der Waals surface area contributed by atoms with Crippen LogP contribution in [0.25, 0.3) is 22.0 Å². The van der Waals surface area contributed by atoms with Crippen LogP contribution in [0.2, 0.25) is 0 Å². The van der Waals surface area contributed by atoms with Crippen molar-refractivity contribution < 1.29 is 9.53 Å². The van der Waals surface area contributed by atoms with Gasteiger partial charge in [0.2, 0.25) is 5.88 Å². The van der Waals surface area contributed by atoms with Crippen LogP contribution in [0.4, 0.5) is 5.82 Å². The monoisotopic (exact) mass is 401 g/mol. The van der Waals surface area contributed by atoms with Gasteiger partial charge in [0.05, 0.1) is 11.7 Å². The van der Waals surface area contributed by atoms with Gasteiger partial charge in [-0.15, -0.1) is 10.2 Å². The summed E-state index contributed by atoms with van der Waals surface area (Å²) in [6.45, 7) is 1.57. The summed E-state index contributed by atoms with van der Waals surface area (Å²) in [5.74, 6) is 0.504. The largest absolute Gasteiger partial charge is 0.472 e. The number of anilines is 1. The van der Waals surface area contributed by atoms with Crippen LogP contribution in [-0.2, 0) is 7.05 Å². The number of amides is 1. The van der Waals surface area contributed by atoms with E-state index in [1.54, 1.807) is 35.3 Å². The van der Waals surface area contributed by atoms with E-state index in [9.17, 15) is 4.79 Å². The third-order valence-electron chi connectivity index (χ3n) is 4.89. The third kappa shape index (κ3) is 3.70. The molecule has 0 atom stereocenters. The highest BCUT2D eigenvalue weighted by atomic mass is 16.5. The third-order valence-corrected chi connectivity index (χ3v) is 4.89. The molecule has 150 valence electrons. The number of carbonyl (C=O) groups excluding carboxylic acids is 1. The number of fused-ring (bicyclic) bond motifs is 1. The summed E-state index contributed by atoms with van der Waals surface area (Å²) in [6, 6.07) is 10.9. The highest BCUT2D eigenvalue weighted by Gasteiger charge is 2.19. The molecule has 9 nitrogen and oxygen atoms in total. The van der Waals surface area contributed by atoms with Crippen LogP contribution < -0.4 is 15.4 Å². The second-order valence-corrected chi connectivity index (χ2v) is 7.14. The zero-order chi connectivity index (χ0) is 20.5. The summed E-state index contributed by atoms with van der Waals surface area (Å²) < 4.78 is 7.47. The first kappa shape index (κ1) is 18.2. The van der Waals surface area contributed by atoms with Gasteiger partial charge in [-0.05, 0) is 29.8 Å². The Morgan fingerprint density at radius 1 is 1.17 bits per heavy atom. The standard InChI is InChI=1S/C21H19N7O2/c1-28-12-16(9-24-28)13-2-3-18-15(6-13)7-19(27-26-18)25-21(29)14-4-5-23-20(8-14)30-17-10-22-11-17/h2-9,12,17,22H,10-11H2,1H3,(H,25,27,29). The van der Waals surface area contributed by atoms with Crippen molar-refractivity contribution in [2.24, 2.45) is 7.05 Å². The lowest BCUT2D eigenvalue weighted by atomic mass is 10.1. The number of pyridine rings is 1. The van der Waals surface area contributed by atoms with E-state index in [4.69, 9.17) is 4.74 Å². The summed E-state index contributed by atoms with van der Waals surface area (Å²) in [7, 11) is 1.88. The topological polar surface area (TPSA) is 107 Å². The van der Waals surface area contributed by atoms with Gasteiger partial charge in [0.1, 0.15) is 6.10 Å². The van der Waals surface area contributed by atoms with E-state index in [0.29, 0.717) is 17.3 Å². The normalized spacial score (nSPS) is 13.8. The fourth-order valence-corrected chi connectivity index (χ4v) is 3.18. The van der Waals surface area contributed by atoms with Crippen LogP contribution >= 0.6 is 0 Å². The van der Waals surface area contributed by atoms with Crippen molar-refractivity contribution in [3.63, 3.8) is 0 Å². The summed E-state index contributed by atoms with van der Waals surface area (Å²) in [5.41, 5.74) is 3.21. The highest BCUT2D eigenvalue weighted by Crippen LogP contribution is 2.24. The van der Waals surface area contributed by atoms with Gasteiger partial charge < -0.3 is 15.4 Å². The number of rotatable bonds is 5. The number of nitrogens with one attached hydrogen (secondary N) is 2. The molecule has 1 aliphatic heterocycles. The molecule has 1 aliphatic rings. The average Bonchev–Trinajstić information content (AvgIpc) is 3.17. The zero-order valence-corrected chi connectivity index (χ0v) is 16.2. The molecule has 4 aromatic rings. The molecule has 1 aromatic carbocycles. The van der Waals surface area contributed by atoms with E-state index < -0.39 is 0 Å². The second-order valence-electron chi connectivity index (χ2n) is 7.14. The van der Waals surface area contributed by atoms with E-state index in [2.05, 4.69) is 30.9 Å². The Morgan fingerprint density at radius 2 is 2.07 bits per heavy atom. The minimum atomic E-state index is -0.300. The fourth-order valence-electron chi connectivity index (χ4n) is 3.18. The minimum absolute atomic E-state index is 0.0937. The molecule has 3 aromatic heterocycles. The summed E-state index contributed by atoms with van der Waals surface area (Å²) in [4.78, 5) is 16.8. The van der Waals surface area contributed by atoms with Crippen LogP contribution in [0.1, 0.15) is 10.4 Å². The quantitative estimate of drug-likeness (QED) is 0.527. The molecule has 9 heteroatoms. The van der Waals surface area contributed by atoms with Gasteiger partial charge in [-0.2, -0.15) is 5.10 Å². The van der Waals surface area contributed by atoms with Gasteiger partial charge in [-0.1, -0.05) is 6.07 Å². The lowest BCUT2D eigenvalue weighted by Gasteiger charge is -2.27. The summed E-state index contributed by atoms with van der Waals surface area (Å²) >= 11 is 0. The van der Waals surface area contributed by atoms with Crippen LogP contribution in [0.15, 0.2) is 55.0 Å². The molecule has 0 saturated carbocycles. The average molecular weight is 401 g/mol. The van der Waals surface area contributed by atoms with E-state index in [-0.39, 0.29) is 12.0 Å². The molecule has 1 saturated heterocycles. The smallest absolute Gasteiger partial charge is 0.257 e. The van der Waals surface area contributed by atoms with Crippen molar-refractivity contribution in [2.45, 2.75) is 6.10 Å². The molecule has 30 heavy (non-hydrogen) atoms. The van der Waals surface area contributed by atoms with Crippen LogP contribution in [0.5, 0.6) is 5.88 Å². The van der Waals surface area contributed by atoms with Gasteiger partial charge in [-0.3, -0.25) is 9.48 Å². The fraction of sp³-hybridized carbons (Fsp3) is 0.190. The molecule has 5 rings (SSSR count). The lowest BCUT2D eigenvalue weighted by Crippen LogP contribution is -2.50. The predicted molar refractivity (Wildman–Crippen MR) is 111 cm³/mol. The van der Waals surface area contributed by atoms with Gasteiger partial charge in [0.15, 0.2) is 5.82 Å². The number of carbonyl (C=O) groups is 1. The van der Waals surface area contributed by atoms with Gasteiger partial charge >= 0.3 is 0 Å². The Kier molecular flexibility index (Phi) is 4.56. The van der Waals surface area contributed by atoms with Crippen molar-refractivity contribution in [3.05, 3.63) is 60.6 Å². The molecular formula is C21H19N7O2. The molecule has 1 fully saturated rings. The van der Waals surface area contributed by atoms with Crippen molar-refractivity contribution >= 4 is 22.6 Å². The Labute approximate surface area is 172 Å². The first-order valence-electron chi connectivity index (χ1n) is 9.55. The number of nitrogens with zero attached hydrogens (tertiary/aromatic N) is 5. The molecule has 0 aliphatic carbocycles. The van der Waals surface area contributed by atoms with Crippen LogP contribution in [0.3, 0.4) is 0 Å². The lowest BCUT2D eigenvalue weighted by molar-refractivity contribution is 0.102. The molecule has 2 N–H and O–H groups in total. The van der Waals surface area contributed by atoms with Crippen molar-refractivity contribution in [1.82, 2.24) is 30.3 Å². The number of aryl methyl sites for hydroxylation is 1. The second kappa shape index (κ2) is 7.53. The Morgan fingerprint density at radius 3 is 2.83 bits per heavy atom. The van der Waals surface area contributed by atoms with Gasteiger partial charge in [0, 0.05) is 55.1 Å². The van der Waals surface area contributed by atoms with Crippen molar-refractivity contribution in [2.75, 3.05) is 18.4 Å². The number of ether oxygens (including phenoxy) is 1. The first-order chi connectivity index (χ1) is 14.6. The van der Waals surface area contributed by atoms with E-state index in [1.165, 1.54) is 0 Å². The predicted octanol–water partition coefficient (Wildman–Crippen LogP) is 2.03. The van der Waals surface area contributed by atoms with E-state index >= 15 is 0 Å². The molecular weight excluding hydrogens is 382 g/mol. The molecule has 0 radical (unpaired) electrons. The Balaban J connectivity index is 1.36. The van der Waals surface area contributed by atoms with Gasteiger partial charge in [-0.25, -0.2) is 4.98 Å². The van der Waals surface area contributed by atoms with Crippen molar-refractivity contribution in [1.29, 1.82) is 0 Å². The number of aromatic nitrogens is 5. The highest BCUT2D eigenvalue weighted by molar-refractivity contribution is 6.04. The van der Waals surface area contributed by atoms with E-state index in [1.807, 2.05) is 31.4 Å². The van der Waals surface area contributed by atoms with Crippen LogP contribution in [-0.4, -0.2) is 50.1 Å². The Hall–Kier alpha value is -3.85. The maximum atomic E-state index is 12.7. The first-order valence-corrected chi connectivity index (χ1v) is 9.55. The summed E-state index contributed by atoms with van der Waals surface area (Å²) in [5, 5.41) is 19.3. The Bertz CT molecular complexity index is 1230. The van der Waals surface area contributed by atoms with Gasteiger partial charge in [0.25, 0.3) is 5.91 Å². The SMILES string of the molecule is Cn1cc(-c2ccc3nnc(NC(=O)c4ccnc(OC5CNC5)c4)cc3c2)cn1.